The zero-order valence-corrected chi connectivity index (χ0v) is 12.2. The van der Waals surface area contributed by atoms with E-state index in [-0.39, 0.29) is 0 Å². The highest BCUT2D eigenvalue weighted by atomic mass is 16.5. The largest absolute Gasteiger partial charge is 0.379 e. The third kappa shape index (κ3) is 4.22. The van der Waals surface area contributed by atoms with Gasteiger partial charge in [0.1, 0.15) is 0 Å². The fourth-order valence-corrected chi connectivity index (χ4v) is 3.37. The van der Waals surface area contributed by atoms with E-state index in [1.165, 1.54) is 44.9 Å². The number of hydrogen-bond donors (Lipinski definition) is 1. The van der Waals surface area contributed by atoms with Gasteiger partial charge in [-0.25, -0.2) is 0 Å². The van der Waals surface area contributed by atoms with E-state index in [4.69, 9.17) is 4.74 Å². The van der Waals surface area contributed by atoms with E-state index in [1.807, 2.05) is 0 Å². The minimum absolute atomic E-state index is 0.557. The highest BCUT2D eigenvalue weighted by molar-refractivity contribution is 4.81. The summed E-state index contributed by atoms with van der Waals surface area (Å²) in [7, 11) is 2.32. The van der Waals surface area contributed by atoms with Crippen molar-refractivity contribution in [3.05, 3.63) is 0 Å². The molecule has 0 bridgehead atoms. The first kappa shape index (κ1) is 14.3. The molecule has 3 nitrogen and oxygen atoms in total. The van der Waals surface area contributed by atoms with Crippen LogP contribution in [0.2, 0.25) is 0 Å². The second-order valence-corrected chi connectivity index (χ2v) is 6.12. The zero-order chi connectivity index (χ0) is 12.8. The third-order valence-electron chi connectivity index (χ3n) is 4.72. The molecule has 0 aromatic carbocycles. The molecule has 2 fully saturated rings. The van der Waals surface area contributed by atoms with E-state index in [0.717, 1.165) is 25.8 Å². The molecule has 0 aromatic heterocycles. The number of nitrogens with one attached hydrogen (secondary N) is 1. The van der Waals surface area contributed by atoms with E-state index in [1.54, 1.807) is 0 Å². The first-order chi connectivity index (χ1) is 8.77. The van der Waals surface area contributed by atoms with E-state index in [9.17, 15) is 0 Å². The summed E-state index contributed by atoms with van der Waals surface area (Å²) in [4.78, 5) is 2.63. The van der Waals surface area contributed by atoms with E-state index < -0.39 is 0 Å². The van der Waals surface area contributed by atoms with Crippen molar-refractivity contribution in [2.75, 3.05) is 26.8 Å². The highest BCUT2D eigenvalue weighted by Crippen LogP contribution is 2.23. The summed E-state index contributed by atoms with van der Waals surface area (Å²) in [6.45, 7) is 5.16. The predicted molar refractivity (Wildman–Crippen MR) is 75.9 cm³/mol. The Morgan fingerprint density at radius 1 is 1.22 bits per heavy atom. The summed E-state index contributed by atoms with van der Waals surface area (Å²) in [6, 6.07) is 2.03. The fraction of sp³-hybridized carbons (Fsp3) is 1.00. The lowest BCUT2D eigenvalue weighted by molar-refractivity contribution is 0.0587. The van der Waals surface area contributed by atoms with Gasteiger partial charge in [0.05, 0.1) is 13.2 Å². The van der Waals surface area contributed by atoms with Crippen LogP contribution in [-0.2, 0) is 4.74 Å². The summed E-state index contributed by atoms with van der Waals surface area (Å²) in [5.74, 6) is 0. The van der Waals surface area contributed by atoms with Crippen molar-refractivity contribution in [2.24, 2.45) is 0 Å². The van der Waals surface area contributed by atoms with Gasteiger partial charge in [-0.1, -0.05) is 25.7 Å². The Kier molecular flexibility index (Phi) is 5.93. The van der Waals surface area contributed by atoms with Crippen molar-refractivity contribution in [3.63, 3.8) is 0 Å². The minimum atomic E-state index is 0.557. The Balaban J connectivity index is 1.77. The summed E-state index contributed by atoms with van der Waals surface area (Å²) in [6.07, 6.45) is 9.74. The van der Waals surface area contributed by atoms with Crippen LogP contribution in [0.3, 0.4) is 0 Å². The van der Waals surface area contributed by atoms with E-state index in [0.29, 0.717) is 12.1 Å². The van der Waals surface area contributed by atoms with Crippen LogP contribution in [0.25, 0.3) is 0 Å². The number of hydrogen-bond acceptors (Lipinski definition) is 3. The van der Waals surface area contributed by atoms with Crippen LogP contribution in [-0.4, -0.2) is 49.8 Å². The van der Waals surface area contributed by atoms with E-state index in [2.05, 4.69) is 24.2 Å². The van der Waals surface area contributed by atoms with Gasteiger partial charge in [-0.2, -0.15) is 0 Å². The summed E-state index contributed by atoms with van der Waals surface area (Å²) in [5.41, 5.74) is 0. The molecule has 1 saturated carbocycles. The molecule has 2 unspecified atom stereocenters. The lowest BCUT2D eigenvalue weighted by Crippen LogP contribution is -2.47. The van der Waals surface area contributed by atoms with Gasteiger partial charge >= 0.3 is 0 Å². The van der Waals surface area contributed by atoms with Crippen molar-refractivity contribution in [1.82, 2.24) is 10.2 Å². The molecule has 3 heteroatoms. The van der Waals surface area contributed by atoms with Gasteiger partial charge in [0.2, 0.25) is 0 Å². The fourth-order valence-electron chi connectivity index (χ4n) is 3.37. The molecule has 1 aliphatic heterocycles. The SMILES string of the molecule is CC(CC1COCCN1)N(C)C1CCCCCC1. The molecule has 0 spiro atoms. The Morgan fingerprint density at radius 3 is 2.56 bits per heavy atom. The number of morpholine rings is 1. The number of nitrogens with zero attached hydrogens (tertiary/aromatic N) is 1. The van der Waals surface area contributed by atoms with Crippen LogP contribution in [0.15, 0.2) is 0 Å². The summed E-state index contributed by atoms with van der Waals surface area (Å²) < 4.78 is 5.55. The average Bonchev–Trinajstić information content (AvgIpc) is 2.68. The molecule has 1 N–H and O–H groups in total. The zero-order valence-electron chi connectivity index (χ0n) is 12.2. The Hall–Kier alpha value is -0.120. The van der Waals surface area contributed by atoms with Crippen molar-refractivity contribution in [2.45, 2.75) is 70.0 Å². The summed E-state index contributed by atoms with van der Waals surface area (Å²) >= 11 is 0. The average molecular weight is 254 g/mol. The Morgan fingerprint density at radius 2 is 1.94 bits per heavy atom. The normalized spacial score (nSPS) is 29.2. The van der Waals surface area contributed by atoms with Crippen molar-refractivity contribution in [1.29, 1.82) is 0 Å². The maximum atomic E-state index is 5.55. The highest BCUT2D eigenvalue weighted by Gasteiger charge is 2.24. The van der Waals surface area contributed by atoms with Gasteiger partial charge in [-0.15, -0.1) is 0 Å². The van der Waals surface area contributed by atoms with Crippen LogP contribution in [0.1, 0.15) is 51.9 Å². The maximum absolute atomic E-state index is 5.55. The molecule has 18 heavy (non-hydrogen) atoms. The van der Waals surface area contributed by atoms with Gasteiger partial charge in [0.15, 0.2) is 0 Å². The molecular formula is C15H30N2O. The van der Waals surface area contributed by atoms with Crippen LogP contribution in [0.5, 0.6) is 0 Å². The Labute approximate surface area is 112 Å². The third-order valence-corrected chi connectivity index (χ3v) is 4.72. The Bertz CT molecular complexity index is 221. The van der Waals surface area contributed by atoms with Gasteiger partial charge in [-0.3, -0.25) is 0 Å². The van der Waals surface area contributed by atoms with Gasteiger partial charge in [0, 0.05) is 24.7 Å². The molecule has 2 rings (SSSR count). The molecule has 2 aliphatic rings. The monoisotopic (exact) mass is 254 g/mol. The summed E-state index contributed by atoms with van der Waals surface area (Å²) in [5, 5.41) is 3.57. The molecule has 106 valence electrons. The topological polar surface area (TPSA) is 24.5 Å². The smallest absolute Gasteiger partial charge is 0.0620 e. The maximum Gasteiger partial charge on any atom is 0.0620 e. The number of ether oxygens (including phenoxy) is 1. The first-order valence-electron chi connectivity index (χ1n) is 7.80. The molecule has 1 saturated heterocycles. The van der Waals surface area contributed by atoms with Crippen molar-refractivity contribution < 1.29 is 4.74 Å². The van der Waals surface area contributed by atoms with Gasteiger partial charge < -0.3 is 15.0 Å². The molecule has 1 aliphatic carbocycles. The van der Waals surface area contributed by atoms with Crippen LogP contribution in [0.4, 0.5) is 0 Å². The van der Waals surface area contributed by atoms with Gasteiger partial charge in [-0.05, 0) is 33.2 Å². The molecule has 1 heterocycles. The predicted octanol–water partition coefficient (Wildman–Crippen LogP) is 2.41. The second kappa shape index (κ2) is 7.46. The molecular weight excluding hydrogens is 224 g/mol. The second-order valence-electron chi connectivity index (χ2n) is 6.12. The molecule has 0 radical (unpaired) electrons. The van der Waals surface area contributed by atoms with Crippen LogP contribution < -0.4 is 5.32 Å². The standard InChI is InChI=1S/C15H30N2O/c1-13(11-14-12-18-10-9-16-14)17(2)15-7-5-3-4-6-8-15/h13-16H,3-12H2,1-2H3. The van der Waals surface area contributed by atoms with Crippen molar-refractivity contribution >= 4 is 0 Å². The quantitative estimate of drug-likeness (QED) is 0.780. The van der Waals surface area contributed by atoms with Crippen LogP contribution >= 0.6 is 0 Å². The lowest BCUT2D eigenvalue weighted by atomic mass is 10.0. The number of rotatable bonds is 4. The molecule has 0 amide bonds. The van der Waals surface area contributed by atoms with Gasteiger partial charge in [0.25, 0.3) is 0 Å². The van der Waals surface area contributed by atoms with Crippen LogP contribution in [0, 0.1) is 0 Å². The van der Waals surface area contributed by atoms with E-state index >= 15 is 0 Å². The molecule has 0 aromatic rings. The lowest BCUT2D eigenvalue weighted by Gasteiger charge is -2.35. The minimum Gasteiger partial charge on any atom is -0.379 e. The molecule has 2 atom stereocenters. The van der Waals surface area contributed by atoms with Crippen molar-refractivity contribution in [3.8, 4) is 0 Å². The first-order valence-corrected chi connectivity index (χ1v) is 7.80.